The van der Waals surface area contributed by atoms with Crippen molar-refractivity contribution in [1.29, 1.82) is 0 Å². The number of rotatable bonds is 3. The van der Waals surface area contributed by atoms with Gasteiger partial charge < -0.3 is 10.2 Å². The van der Waals surface area contributed by atoms with Crippen LogP contribution in [-0.4, -0.2) is 44.9 Å². The summed E-state index contributed by atoms with van der Waals surface area (Å²) < 4.78 is 7.68. The molecule has 8 heteroatoms. The number of aryl methyl sites for hydroxylation is 1. The van der Waals surface area contributed by atoms with Crippen LogP contribution in [0.1, 0.15) is 12.5 Å². The molecule has 0 radical (unpaired) electrons. The standard InChI is InChI=1S/C18H19N7O/c1-12-8-14(23-18-13(2)24(3)21-11-20-18)4-5-16(12)26-15-6-7-25-17(9-15)19-10-22-25/h4-11,13H,1-3H3,(H,20,21,23). The summed E-state index contributed by atoms with van der Waals surface area (Å²) in [6, 6.07) is 9.63. The SMILES string of the molecule is Cc1cc(N=C2N=CNN(C)C2C)ccc1Oc1ccn2ncnc2c1. The lowest BCUT2D eigenvalue weighted by Gasteiger charge is -2.27. The molecule has 132 valence electrons. The number of amidine groups is 1. The summed E-state index contributed by atoms with van der Waals surface area (Å²) in [5, 5.41) is 6.03. The van der Waals surface area contributed by atoms with Crippen molar-refractivity contribution in [2.24, 2.45) is 9.98 Å². The van der Waals surface area contributed by atoms with E-state index in [1.165, 1.54) is 6.33 Å². The number of hydrogen-bond acceptors (Lipinski definition) is 6. The van der Waals surface area contributed by atoms with E-state index in [0.717, 1.165) is 28.5 Å². The van der Waals surface area contributed by atoms with Gasteiger partial charge in [-0.05, 0) is 43.7 Å². The molecule has 1 aliphatic heterocycles. The molecule has 0 aliphatic carbocycles. The van der Waals surface area contributed by atoms with Gasteiger partial charge in [-0.3, -0.25) is 0 Å². The fourth-order valence-corrected chi connectivity index (χ4v) is 2.64. The van der Waals surface area contributed by atoms with E-state index in [4.69, 9.17) is 4.74 Å². The molecule has 1 aromatic carbocycles. The minimum atomic E-state index is 0.0890. The van der Waals surface area contributed by atoms with Crippen LogP contribution in [0.5, 0.6) is 11.5 Å². The van der Waals surface area contributed by atoms with Crippen molar-refractivity contribution in [2.75, 3.05) is 7.05 Å². The van der Waals surface area contributed by atoms with Crippen LogP contribution in [0, 0.1) is 6.92 Å². The first-order valence-electron chi connectivity index (χ1n) is 8.28. The number of hydrogen-bond donors (Lipinski definition) is 1. The summed E-state index contributed by atoms with van der Waals surface area (Å²) >= 11 is 0. The van der Waals surface area contributed by atoms with Crippen LogP contribution < -0.4 is 10.2 Å². The molecular formula is C18H19N7O. The molecule has 3 heterocycles. The second kappa shape index (κ2) is 6.57. The van der Waals surface area contributed by atoms with Gasteiger partial charge in [-0.25, -0.2) is 24.5 Å². The summed E-state index contributed by atoms with van der Waals surface area (Å²) in [5.74, 6) is 2.25. The zero-order chi connectivity index (χ0) is 18.1. The number of benzene rings is 1. The molecule has 0 amide bonds. The Morgan fingerprint density at radius 3 is 2.96 bits per heavy atom. The zero-order valence-electron chi connectivity index (χ0n) is 14.8. The van der Waals surface area contributed by atoms with Gasteiger partial charge in [-0.2, -0.15) is 5.10 Å². The van der Waals surface area contributed by atoms with E-state index in [1.54, 1.807) is 10.9 Å². The Bertz CT molecular complexity index is 1010. The number of aliphatic imine (C=N–C) groups is 2. The van der Waals surface area contributed by atoms with E-state index in [1.807, 2.05) is 62.4 Å². The van der Waals surface area contributed by atoms with Crippen LogP contribution in [-0.2, 0) is 0 Å². The maximum atomic E-state index is 5.99. The van der Waals surface area contributed by atoms with Gasteiger partial charge in [0.05, 0.1) is 11.7 Å². The topological polar surface area (TPSA) is 79.4 Å². The van der Waals surface area contributed by atoms with Crippen LogP contribution in [0.25, 0.3) is 5.65 Å². The first-order valence-corrected chi connectivity index (χ1v) is 8.28. The van der Waals surface area contributed by atoms with Crippen molar-refractivity contribution < 1.29 is 4.74 Å². The van der Waals surface area contributed by atoms with Crippen molar-refractivity contribution in [3.63, 3.8) is 0 Å². The summed E-state index contributed by atoms with van der Waals surface area (Å²) in [7, 11) is 1.96. The molecule has 1 unspecified atom stereocenters. The molecule has 1 N–H and O–H groups in total. The maximum Gasteiger partial charge on any atom is 0.158 e. The Labute approximate surface area is 150 Å². The van der Waals surface area contributed by atoms with Crippen molar-refractivity contribution >= 4 is 23.5 Å². The van der Waals surface area contributed by atoms with Gasteiger partial charge in [0.2, 0.25) is 0 Å². The van der Waals surface area contributed by atoms with Crippen LogP contribution >= 0.6 is 0 Å². The number of hydrazine groups is 1. The highest BCUT2D eigenvalue weighted by Gasteiger charge is 2.18. The van der Waals surface area contributed by atoms with E-state index in [-0.39, 0.29) is 6.04 Å². The Morgan fingerprint density at radius 2 is 2.12 bits per heavy atom. The highest BCUT2D eigenvalue weighted by molar-refractivity contribution is 5.96. The Hall–Kier alpha value is -3.26. The van der Waals surface area contributed by atoms with Gasteiger partial charge in [-0.15, -0.1) is 0 Å². The van der Waals surface area contributed by atoms with Gasteiger partial charge in [0.15, 0.2) is 5.65 Å². The largest absolute Gasteiger partial charge is 0.457 e. The minimum Gasteiger partial charge on any atom is -0.457 e. The third kappa shape index (κ3) is 3.14. The molecule has 2 aromatic heterocycles. The smallest absolute Gasteiger partial charge is 0.158 e. The van der Waals surface area contributed by atoms with Crippen LogP contribution in [0.4, 0.5) is 5.69 Å². The molecule has 1 atom stereocenters. The fourth-order valence-electron chi connectivity index (χ4n) is 2.64. The zero-order valence-corrected chi connectivity index (χ0v) is 14.8. The van der Waals surface area contributed by atoms with Crippen molar-refractivity contribution in [3.05, 3.63) is 48.4 Å². The Morgan fingerprint density at radius 1 is 1.23 bits per heavy atom. The van der Waals surface area contributed by atoms with Crippen LogP contribution in [0.15, 0.2) is 52.8 Å². The number of fused-ring (bicyclic) bond motifs is 1. The van der Waals surface area contributed by atoms with E-state index in [9.17, 15) is 0 Å². The molecule has 8 nitrogen and oxygen atoms in total. The summed E-state index contributed by atoms with van der Waals surface area (Å²) in [6.45, 7) is 4.04. The second-order valence-corrected chi connectivity index (χ2v) is 6.12. The van der Waals surface area contributed by atoms with E-state index >= 15 is 0 Å². The number of nitrogens with zero attached hydrogens (tertiary/aromatic N) is 6. The third-order valence-corrected chi connectivity index (χ3v) is 4.29. The second-order valence-electron chi connectivity index (χ2n) is 6.12. The van der Waals surface area contributed by atoms with Crippen LogP contribution in [0.3, 0.4) is 0 Å². The first kappa shape index (κ1) is 16.2. The lowest BCUT2D eigenvalue weighted by atomic mass is 10.2. The number of pyridine rings is 1. The summed E-state index contributed by atoms with van der Waals surface area (Å²) in [6.07, 6.45) is 4.98. The van der Waals surface area contributed by atoms with Gasteiger partial charge >= 0.3 is 0 Å². The van der Waals surface area contributed by atoms with E-state index in [0.29, 0.717) is 5.75 Å². The monoisotopic (exact) mass is 349 g/mol. The molecule has 0 spiro atoms. The number of ether oxygens (including phenoxy) is 1. The minimum absolute atomic E-state index is 0.0890. The quantitative estimate of drug-likeness (QED) is 0.786. The van der Waals surface area contributed by atoms with Gasteiger partial charge in [0.1, 0.15) is 30.0 Å². The molecule has 0 saturated carbocycles. The van der Waals surface area contributed by atoms with Crippen molar-refractivity contribution in [1.82, 2.24) is 25.0 Å². The molecular weight excluding hydrogens is 330 g/mol. The summed E-state index contributed by atoms with van der Waals surface area (Å²) in [5.41, 5.74) is 5.61. The van der Waals surface area contributed by atoms with E-state index in [2.05, 4.69) is 25.5 Å². The lowest BCUT2D eigenvalue weighted by Crippen LogP contribution is -2.47. The molecule has 0 saturated heterocycles. The highest BCUT2D eigenvalue weighted by atomic mass is 16.5. The molecule has 1 aliphatic rings. The van der Waals surface area contributed by atoms with Crippen molar-refractivity contribution in [2.45, 2.75) is 19.9 Å². The molecule has 4 rings (SSSR count). The number of likely N-dealkylation sites (N-methyl/N-ethyl adjacent to an activating group) is 1. The maximum absolute atomic E-state index is 5.99. The molecule has 3 aromatic rings. The Balaban J connectivity index is 1.57. The number of nitrogens with one attached hydrogen (secondary N) is 1. The molecule has 26 heavy (non-hydrogen) atoms. The predicted octanol–water partition coefficient (Wildman–Crippen LogP) is 2.73. The number of aromatic nitrogens is 3. The Kier molecular flexibility index (Phi) is 4.10. The van der Waals surface area contributed by atoms with Gasteiger partial charge in [-0.1, -0.05) is 0 Å². The average Bonchev–Trinajstić information content (AvgIpc) is 3.09. The lowest BCUT2D eigenvalue weighted by molar-refractivity contribution is 0.266. The highest BCUT2D eigenvalue weighted by Crippen LogP contribution is 2.29. The molecule has 0 bridgehead atoms. The summed E-state index contributed by atoms with van der Waals surface area (Å²) in [4.78, 5) is 13.1. The van der Waals surface area contributed by atoms with Crippen molar-refractivity contribution in [3.8, 4) is 11.5 Å². The molecule has 0 fully saturated rings. The van der Waals surface area contributed by atoms with Gasteiger partial charge in [0, 0.05) is 19.3 Å². The third-order valence-electron chi connectivity index (χ3n) is 4.29. The normalized spacial score (nSPS) is 19.0. The van der Waals surface area contributed by atoms with Crippen LogP contribution in [0.2, 0.25) is 0 Å². The average molecular weight is 349 g/mol. The van der Waals surface area contributed by atoms with Gasteiger partial charge in [0.25, 0.3) is 0 Å². The van der Waals surface area contributed by atoms with E-state index < -0.39 is 0 Å². The first-order chi connectivity index (χ1) is 12.6. The predicted molar refractivity (Wildman–Crippen MR) is 100 cm³/mol. The fraction of sp³-hybridized carbons (Fsp3) is 0.222.